The fourth-order valence-electron chi connectivity index (χ4n) is 2.63. The minimum atomic E-state index is -1.08. The van der Waals surface area contributed by atoms with Gasteiger partial charge in [-0.2, -0.15) is 0 Å². The van der Waals surface area contributed by atoms with E-state index in [-0.39, 0.29) is 5.78 Å². The van der Waals surface area contributed by atoms with Crippen molar-refractivity contribution < 1.29 is 14.6 Å². The van der Waals surface area contributed by atoms with E-state index in [2.05, 4.69) is 19.1 Å². The van der Waals surface area contributed by atoms with Crippen molar-refractivity contribution in [3.8, 4) is 0 Å². The van der Waals surface area contributed by atoms with Crippen molar-refractivity contribution in [1.82, 2.24) is 0 Å². The largest absolute Gasteiger partial charge is 0.380 e. The van der Waals surface area contributed by atoms with E-state index < -0.39 is 6.10 Å². The normalized spacial score (nSPS) is 11.1. The zero-order chi connectivity index (χ0) is 22.4. The second kappa shape index (κ2) is 14.3. The maximum atomic E-state index is 11.9. The van der Waals surface area contributed by atoms with Gasteiger partial charge in [0, 0.05) is 5.56 Å². The summed E-state index contributed by atoms with van der Waals surface area (Å²) in [5, 5.41) is 9.89. The van der Waals surface area contributed by atoms with Crippen LogP contribution in [0, 0.1) is 6.92 Å². The van der Waals surface area contributed by atoms with E-state index in [1.54, 1.807) is 48.5 Å². The summed E-state index contributed by atoms with van der Waals surface area (Å²) in [6.45, 7) is 10.2. The number of carbonyl (C=O) groups excluding carboxylic acids is 1. The topological polar surface area (TPSA) is 46.5 Å². The second-order valence-corrected chi connectivity index (χ2v) is 7.43. The number of aliphatic hydroxyl groups excluding tert-OH is 1. The Hall–Kier alpha value is -2.75. The van der Waals surface area contributed by atoms with Crippen LogP contribution in [0.1, 0.15) is 55.3 Å². The lowest BCUT2D eigenvalue weighted by atomic mass is 10.0. The summed E-state index contributed by atoms with van der Waals surface area (Å²) in [5.41, 5.74) is 2.47. The molecule has 1 atom stereocenters. The van der Waals surface area contributed by atoms with Crippen LogP contribution in [0.4, 0.5) is 0 Å². The van der Waals surface area contributed by atoms with Gasteiger partial charge >= 0.3 is 0 Å². The van der Waals surface area contributed by atoms with Gasteiger partial charge in [0.2, 0.25) is 0 Å². The van der Waals surface area contributed by atoms with E-state index in [1.807, 2.05) is 58.0 Å². The van der Waals surface area contributed by atoms with Crippen molar-refractivity contribution in [3.63, 3.8) is 0 Å². The minimum Gasteiger partial charge on any atom is -0.380 e. The molecular weight excluding hydrogens is 372 g/mol. The third kappa shape index (κ3) is 10.7. The van der Waals surface area contributed by atoms with Crippen LogP contribution in [0.15, 0.2) is 91.0 Å². The predicted octanol–water partition coefficient (Wildman–Crippen LogP) is 6.42. The molecule has 0 saturated heterocycles. The average molecular weight is 407 g/mol. The van der Waals surface area contributed by atoms with E-state index in [0.717, 1.165) is 0 Å². The Morgan fingerprint density at radius 3 is 1.43 bits per heavy atom. The van der Waals surface area contributed by atoms with Gasteiger partial charge in [0.15, 0.2) is 5.78 Å². The first-order chi connectivity index (χ1) is 14.3. The molecule has 1 N–H and O–H groups in total. The lowest BCUT2D eigenvalue weighted by molar-refractivity contribution is 0.0300. The monoisotopic (exact) mass is 406 g/mol. The fourth-order valence-corrected chi connectivity index (χ4v) is 2.63. The molecule has 3 heteroatoms. The first-order valence-electron chi connectivity index (χ1n) is 10.3. The molecule has 0 amide bonds. The van der Waals surface area contributed by atoms with Crippen LogP contribution in [-0.4, -0.2) is 23.1 Å². The van der Waals surface area contributed by atoms with Crippen LogP contribution in [0.3, 0.4) is 0 Å². The Morgan fingerprint density at radius 1 is 0.700 bits per heavy atom. The Bertz CT molecular complexity index is 807. The number of aryl methyl sites for hydroxylation is 1. The molecule has 0 spiro atoms. The average Bonchev–Trinajstić information content (AvgIpc) is 2.74. The summed E-state index contributed by atoms with van der Waals surface area (Å²) in [7, 11) is 0. The molecule has 0 heterocycles. The Labute approximate surface area is 181 Å². The smallest absolute Gasteiger partial charge is 0.195 e. The molecule has 0 aromatic heterocycles. The quantitative estimate of drug-likeness (QED) is 0.498. The molecule has 0 aliphatic heterocycles. The highest BCUT2D eigenvalue weighted by Crippen LogP contribution is 2.17. The van der Waals surface area contributed by atoms with Gasteiger partial charge in [-0.3, -0.25) is 4.79 Å². The van der Waals surface area contributed by atoms with Crippen LogP contribution in [0.25, 0.3) is 0 Å². The molecule has 0 aliphatic carbocycles. The summed E-state index contributed by atoms with van der Waals surface area (Å²) >= 11 is 0. The van der Waals surface area contributed by atoms with E-state index >= 15 is 0 Å². The van der Waals surface area contributed by atoms with Gasteiger partial charge in [-0.15, -0.1) is 0 Å². The van der Waals surface area contributed by atoms with Crippen LogP contribution < -0.4 is 0 Å². The summed E-state index contributed by atoms with van der Waals surface area (Å²) in [6.07, 6.45) is -0.330. The maximum absolute atomic E-state index is 11.9. The zero-order valence-electron chi connectivity index (χ0n) is 18.7. The first-order valence-corrected chi connectivity index (χ1v) is 10.3. The van der Waals surface area contributed by atoms with Crippen molar-refractivity contribution in [2.45, 2.75) is 52.9 Å². The van der Waals surface area contributed by atoms with Crippen molar-refractivity contribution in [2.24, 2.45) is 0 Å². The molecule has 3 aromatic carbocycles. The van der Waals surface area contributed by atoms with Crippen LogP contribution in [0.2, 0.25) is 0 Å². The summed E-state index contributed by atoms with van der Waals surface area (Å²) in [4.78, 5) is 11.9. The standard InChI is InChI=1S/C14H12O2.C7H8.C6H14O/c15-13(11-7-3-1-4-8-11)14(16)12-9-5-2-6-10-12;1-7-5-3-2-4-6-7;1-5(2)7-6(3)4/h1-10,13,15H;2-6H,1H3;5-6H,1-4H3. The van der Waals surface area contributed by atoms with Crippen molar-refractivity contribution in [1.29, 1.82) is 0 Å². The number of ether oxygens (including phenoxy) is 1. The van der Waals surface area contributed by atoms with Gasteiger partial charge in [-0.1, -0.05) is 96.6 Å². The van der Waals surface area contributed by atoms with Gasteiger partial charge < -0.3 is 9.84 Å². The second-order valence-electron chi connectivity index (χ2n) is 7.43. The maximum Gasteiger partial charge on any atom is 0.195 e. The molecule has 160 valence electrons. The summed E-state index contributed by atoms with van der Waals surface area (Å²) in [6, 6.07) is 28.0. The van der Waals surface area contributed by atoms with E-state index in [4.69, 9.17) is 4.74 Å². The molecule has 1 unspecified atom stereocenters. The SMILES string of the molecule is CC(C)OC(C)C.Cc1ccccc1.O=C(c1ccccc1)C(O)c1ccccc1. The van der Waals surface area contributed by atoms with Crippen molar-refractivity contribution in [3.05, 3.63) is 108 Å². The lowest BCUT2D eigenvalue weighted by Gasteiger charge is -2.09. The van der Waals surface area contributed by atoms with Crippen molar-refractivity contribution in [2.75, 3.05) is 0 Å². The highest BCUT2D eigenvalue weighted by molar-refractivity contribution is 5.99. The molecule has 0 radical (unpaired) electrons. The summed E-state index contributed by atoms with van der Waals surface area (Å²) < 4.78 is 5.25. The number of ketones is 1. The molecule has 3 rings (SSSR count). The number of rotatable bonds is 5. The fraction of sp³-hybridized carbons (Fsp3) is 0.296. The molecule has 0 bridgehead atoms. The number of Topliss-reactive ketones (excluding diaryl/α,β-unsaturated/α-hetero) is 1. The molecule has 0 fully saturated rings. The highest BCUT2D eigenvalue weighted by atomic mass is 16.5. The number of carbonyl (C=O) groups is 1. The zero-order valence-corrected chi connectivity index (χ0v) is 18.7. The van der Waals surface area contributed by atoms with Gasteiger partial charge in [-0.05, 0) is 40.2 Å². The molecule has 0 aliphatic rings. The van der Waals surface area contributed by atoms with E-state index in [0.29, 0.717) is 23.3 Å². The van der Waals surface area contributed by atoms with Crippen LogP contribution in [0.5, 0.6) is 0 Å². The summed E-state index contributed by atoms with van der Waals surface area (Å²) in [5.74, 6) is -0.271. The lowest BCUT2D eigenvalue weighted by Crippen LogP contribution is -2.11. The molecule has 3 aromatic rings. The predicted molar refractivity (Wildman–Crippen MR) is 125 cm³/mol. The number of hydrogen-bond donors (Lipinski definition) is 1. The van der Waals surface area contributed by atoms with Gasteiger partial charge in [0.1, 0.15) is 6.10 Å². The number of aliphatic hydroxyl groups is 1. The molecule has 3 nitrogen and oxygen atoms in total. The minimum absolute atomic E-state index is 0.271. The Morgan fingerprint density at radius 2 is 1.10 bits per heavy atom. The molecular formula is C27H34O3. The van der Waals surface area contributed by atoms with Gasteiger partial charge in [0.25, 0.3) is 0 Å². The van der Waals surface area contributed by atoms with E-state index in [1.165, 1.54) is 5.56 Å². The Balaban J connectivity index is 0.000000267. The first kappa shape index (κ1) is 25.3. The number of benzene rings is 3. The van der Waals surface area contributed by atoms with Crippen LogP contribution in [-0.2, 0) is 4.74 Å². The van der Waals surface area contributed by atoms with Crippen molar-refractivity contribution >= 4 is 5.78 Å². The third-order valence-electron chi connectivity index (χ3n) is 3.91. The van der Waals surface area contributed by atoms with E-state index in [9.17, 15) is 9.90 Å². The molecule has 30 heavy (non-hydrogen) atoms. The number of hydrogen-bond acceptors (Lipinski definition) is 3. The van der Waals surface area contributed by atoms with Gasteiger partial charge in [-0.25, -0.2) is 0 Å². The third-order valence-corrected chi connectivity index (χ3v) is 3.91. The van der Waals surface area contributed by atoms with Crippen LogP contribution >= 0.6 is 0 Å². The Kier molecular flexibility index (Phi) is 12.0. The molecule has 0 saturated carbocycles. The van der Waals surface area contributed by atoms with Gasteiger partial charge in [0.05, 0.1) is 12.2 Å². The highest BCUT2D eigenvalue weighted by Gasteiger charge is 2.18.